The second kappa shape index (κ2) is 9.51. The van der Waals surface area contributed by atoms with E-state index in [-0.39, 0.29) is 23.2 Å². The van der Waals surface area contributed by atoms with Gasteiger partial charge in [-0.3, -0.25) is 4.79 Å². The lowest BCUT2D eigenvalue weighted by Gasteiger charge is -2.34. The quantitative estimate of drug-likeness (QED) is 0.329. The van der Waals surface area contributed by atoms with Crippen LogP contribution in [0.1, 0.15) is 49.7 Å². The fourth-order valence-electron chi connectivity index (χ4n) is 4.37. The van der Waals surface area contributed by atoms with Gasteiger partial charge < -0.3 is 29.8 Å². The van der Waals surface area contributed by atoms with Crippen molar-refractivity contribution in [3.63, 3.8) is 0 Å². The van der Waals surface area contributed by atoms with E-state index in [4.69, 9.17) is 14.3 Å². The number of nitrogens with zero attached hydrogens (tertiary/aromatic N) is 1. The van der Waals surface area contributed by atoms with Crippen LogP contribution in [0.25, 0.3) is 0 Å². The number of allylic oxidation sites excluding steroid dienone is 3. The van der Waals surface area contributed by atoms with E-state index < -0.39 is 5.92 Å². The Bertz CT molecular complexity index is 1210. The third-order valence-electron chi connectivity index (χ3n) is 5.98. The normalized spacial score (nSPS) is 19.5. The highest BCUT2D eigenvalue weighted by molar-refractivity contribution is 6.00. The summed E-state index contributed by atoms with van der Waals surface area (Å²) in [5.74, 6) is 0.646. The molecule has 0 fully saturated rings. The second-order valence-corrected chi connectivity index (χ2v) is 8.55. The van der Waals surface area contributed by atoms with Crippen LogP contribution in [0.2, 0.25) is 0 Å². The van der Waals surface area contributed by atoms with Crippen LogP contribution in [-0.2, 0) is 9.63 Å². The molecule has 0 bridgehead atoms. The van der Waals surface area contributed by atoms with Gasteiger partial charge in [-0.05, 0) is 67.7 Å². The number of ketones is 1. The molecular weight excluding hydrogens is 436 g/mol. The lowest BCUT2D eigenvalue weighted by Crippen LogP contribution is -2.32. The van der Waals surface area contributed by atoms with Crippen LogP contribution in [0, 0.1) is 0 Å². The maximum absolute atomic E-state index is 13.4. The van der Waals surface area contributed by atoms with Gasteiger partial charge in [-0.15, -0.1) is 0 Å². The number of Topliss-reactive ketones (excluding diaryl/α,β-unsaturated/α-hetero) is 1. The molecule has 2 aromatic carbocycles. The molecule has 2 aromatic rings. The summed E-state index contributed by atoms with van der Waals surface area (Å²) in [7, 11) is 3.17. The van der Waals surface area contributed by atoms with Gasteiger partial charge in [-0.1, -0.05) is 17.3 Å². The van der Waals surface area contributed by atoms with Gasteiger partial charge in [0.25, 0.3) is 0 Å². The smallest absolute Gasteiger partial charge is 0.223 e. The molecule has 2 unspecified atom stereocenters. The van der Waals surface area contributed by atoms with E-state index in [9.17, 15) is 15.0 Å². The Kier molecular flexibility index (Phi) is 6.49. The van der Waals surface area contributed by atoms with E-state index in [2.05, 4.69) is 10.5 Å². The van der Waals surface area contributed by atoms with Gasteiger partial charge in [-0.25, -0.2) is 0 Å². The Labute approximate surface area is 198 Å². The third kappa shape index (κ3) is 4.57. The summed E-state index contributed by atoms with van der Waals surface area (Å²) < 4.78 is 10.8. The molecule has 0 spiro atoms. The van der Waals surface area contributed by atoms with Gasteiger partial charge >= 0.3 is 0 Å². The molecule has 8 heteroatoms. The minimum atomic E-state index is -0.455. The van der Waals surface area contributed by atoms with Crippen molar-refractivity contribution in [3.05, 3.63) is 70.8 Å². The number of methoxy groups -OCH3 is 2. The fourth-order valence-corrected chi connectivity index (χ4v) is 4.37. The Hall–Kier alpha value is -3.94. The van der Waals surface area contributed by atoms with Crippen LogP contribution in [0.4, 0.5) is 0 Å². The third-order valence-corrected chi connectivity index (χ3v) is 5.98. The first-order valence-corrected chi connectivity index (χ1v) is 11.0. The number of oxime groups is 1. The molecule has 0 radical (unpaired) electrons. The van der Waals surface area contributed by atoms with Gasteiger partial charge in [0.05, 0.1) is 19.9 Å². The molecule has 0 aromatic heterocycles. The molecule has 0 saturated heterocycles. The molecule has 0 amide bonds. The van der Waals surface area contributed by atoms with Crippen molar-refractivity contribution >= 4 is 11.5 Å². The molecule has 1 aliphatic heterocycles. The van der Waals surface area contributed by atoms with Gasteiger partial charge in [0.15, 0.2) is 28.8 Å². The van der Waals surface area contributed by atoms with Crippen molar-refractivity contribution in [3.8, 4) is 23.0 Å². The summed E-state index contributed by atoms with van der Waals surface area (Å²) >= 11 is 0. The molecule has 1 aliphatic carbocycles. The lowest BCUT2D eigenvalue weighted by molar-refractivity contribution is -0.116. The molecule has 3 N–H and O–H groups in total. The summed E-state index contributed by atoms with van der Waals surface area (Å²) in [6, 6.07) is 10.2. The van der Waals surface area contributed by atoms with Crippen molar-refractivity contribution < 1.29 is 29.3 Å². The number of hydrogen-bond donors (Lipinski definition) is 3. The molecule has 34 heavy (non-hydrogen) atoms. The zero-order chi connectivity index (χ0) is 24.4. The Morgan fingerprint density at radius 1 is 0.971 bits per heavy atom. The predicted molar refractivity (Wildman–Crippen MR) is 127 cm³/mol. The van der Waals surface area contributed by atoms with Crippen molar-refractivity contribution in [2.45, 2.75) is 38.5 Å². The van der Waals surface area contributed by atoms with Gasteiger partial charge in [0.2, 0.25) is 5.88 Å². The largest absolute Gasteiger partial charge is 0.504 e. The van der Waals surface area contributed by atoms with Crippen molar-refractivity contribution in [2.75, 3.05) is 14.2 Å². The zero-order valence-electron chi connectivity index (χ0n) is 19.6. The lowest BCUT2D eigenvalue weighted by atomic mass is 9.75. The number of benzene rings is 2. The number of aromatic hydroxyl groups is 2. The number of carbonyl (C=O) groups is 1. The SMILES string of the molecule is COc1ccc(C2CC(=O)C3=C(C2)NC(ON=C(C)C)=CC3c2ccc(O)c(O)c2)cc1OC. The van der Waals surface area contributed by atoms with Crippen LogP contribution in [0.3, 0.4) is 0 Å². The minimum Gasteiger partial charge on any atom is -0.504 e. The molecule has 8 nitrogen and oxygen atoms in total. The van der Waals surface area contributed by atoms with E-state index in [0.717, 1.165) is 17.0 Å². The van der Waals surface area contributed by atoms with Crippen molar-refractivity contribution in [1.82, 2.24) is 5.32 Å². The van der Waals surface area contributed by atoms with E-state index in [1.807, 2.05) is 32.0 Å². The van der Waals surface area contributed by atoms with Crippen molar-refractivity contribution in [1.29, 1.82) is 0 Å². The van der Waals surface area contributed by atoms with Crippen LogP contribution in [0.5, 0.6) is 23.0 Å². The van der Waals surface area contributed by atoms with Gasteiger partial charge in [0, 0.05) is 23.6 Å². The van der Waals surface area contributed by atoms with Crippen LogP contribution in [0.15, 0.2) is 64.8 Å². The van der Waals surface area contributed by atoms with E-state index in [0.29, 0.717) is 41.4 Å². The highest BCUT2D eigenvalue weighted by atomic mass is 16.6. The van der Waals surface area contributed by atoms with Crippen molar-refractivity contribution in [2.24, 2.45) is 5.16 Å². The van der Waals surface area contributed by atoms with Crippen LogP contribution < -0.4 is 14.8 Å². The number of ether oxygens (including phenoxy) is 2. The zero-order valence-corrected chi connectivity index (χ0v) is 19.6. The van der Waals surface area contributed by atoms with Gasteiger partial charge in [-0.2, -0.15) is 0 Å². The van der Waals surface area contributed by atoms with Crippen LogP contribution >= 0.6 is 0 Å². The second-order valence-electron chi connectivity index (χ2n) is 8.55. The molecule has 178 valence electrons. The number of dihydropyridines is 1. The Morgan fingerprint density at radius 3 is 2.38 bits per heavy atom. The first-order chi connectivity index (χ1) is 16.3. The van der Waals surface area contributed by atoms with E-state index in [1.54, 1.807) is 26.4 Å². The standard InChI is InChI=1S/C26H28N2O6/c1-14(2)28-34-25-13-18(16-5-7-20(29)21(30)10-16)26-19(27-25)9-17(11-22(26)31)15-6-8-23(32-3)24(12-15)33-4/h5-8,10,12-13,17-18,27,29-30H,9,11H2,1-4H3. The maximum Gasteiger partial charge on any atom is 0.223 e. The number of phenolic OH excluding ortho intramolecular Hbond substituents is 2. The number of phenols is 2. The summed E-state index contributed by atoms with van der Waals surface area (Å²) in [6.45, 7) is 3.64. The Balaban J connectivity index is 1.73. The number of hydrogen-bond acceptors (Lipinski definition) is 8. The number of rotatable bonds is 6. The first kappa shape index (κ1) is 23.2. The van der Waals surface area contributed by atoms with Crippen LogP contribution in [-0.4, -0.2) is 35.9 Å². The highest BCUT2D eigenvalue weighted by Crippen LogP contribution is 2.44. The average Bonchev–Trinajstić information content (AvgIpc) is 2.83. The molecule has 0 saturated carbocycles. The average molecular weight is 465 g/mol. The summed E-state index contributed by atoms with van der Waals surface area (Å²) in [6.07, 6.45) is 2.67. The molecule has 2 aliphatic rings. The Morgan fingerprint density at radius 2 is 1.71 bits per heavy atom. The minimum absolute atomic E-state index is 0.00317. The number of nitrogens with one attached hydrogen (secondary N) is 1. The molecule has 4 rings (SSSR count). The van der Waals surface area contributed by atoms with Gasteiger partial charge in [0.1, 0.15) is 0 Å². The maximum atomic E-state index is 13.4. The summed E-state index contributed by atoms with van der Waals surface area (Å²) in [5.41, 5.74) is 3.74. The summed E-state index contributed by atoms with van der Waals surface area (Å²) in [5, 5.41) is 27.1. The molecular formula is C26H28N2O6. The van der Waals surface area contributed by atoms with E-state index in [1.165, 1.54) is 12.1 Å². The monoisotopic (exact) mass is 464 g/mol. The first-order valence-electron chi connectivity index (χ1n) is 11.0. The summed E-state index contributed by atoms with van der Waals surface area (Å²) in [4.78, 5) is 19.0. The fraction of sp³-hybridized carbons (Fsp3) is 0.308. The predicted octanol–water partition coefficient (Wildman–Crippen LogP) is 4.46. The highest BCUT2D eigenvalue weighted by Gasteiger charge is 2.36. The topological polar surface area (TPSA) is 110 Å². The molecule has 2 atom stereocenters. The molecule has 1 heterocycles. The number of carbonyl (C=O) groups excluding carboxylic acids is 1. The van der Waals surface area contributed by atoms with E-state index >= 15 is 0 Å².